The highest BCUT2D eigenvalue weighted by molar-refractivity contribution is 9.10. The van der Waals surface area contributed by atoms with Crippen molar-refractivity contribution in [2.45, 2.75) is 49.2 Å². The van der Waals surface area contributed by atoms with Gasteiger partial charge in [-0.15, -0.1) is 0 Å². The maximum atomic E-state index is 13.4. The highest BCUT2D eigenvalue weighted by atomic mass is 79.9. The van der Waals surface area contributed by atoms with E-state index in [-0.39, 0.29) is 17.8 Å². The number of benzene rings is 4. The second kappa shape index (κ2) is 9.16. The van der Waals surface area contributed by atoms with Gasteiger partial charge < -0.3 is 10.2 Å². The van der Waals surface area contributed by atoms with Crippen LogP contribution in [0.2, 0.25) is 0 Å². The summed E-state index contributed by atoms with van der Waals surface area (Å²) < 4.78 is 2.08. The Balaban J connectivity index is 1.56. The fraction of sp³-hybridized carbons (Fsp3) is 0.294. The fourth-order valence-corrected chi connectivity index (χ4v) is 8.98. The molecule has 0 aromatic heterocycles. The molecule has 0 unspecified atom stereocenters. The topological polar surface area (TPSA) is 40.5 Å². The molecule has 0 radical (unpaired) electrons. The summed E-state index contributed by atoms with van der Waals surface area (Å²) in [6.45, 7) is 0. The lowest BCUT2D eigenvalue weighted by atomic mass is 9.53. The number of aliphatic hydroxyl groups excluding tert-OH is 1. The number of hydrogen-bond acceptors (Lipinski definition) is 2. The minimum absolute atomic E-state index is 0.0212. The van der Waals surface area contributed by atoms with E-state index >= 15 is 0 Å². The molecule has 3 aliphatic rings. The van der Waals surface area contributed by atoms with Gasteiger partial charge in [0.25, 0.3) is 0 Å². The van der Waals surface area contributed by atoms with Crippen LogP contribution in [-0.2, 0) is 18.4 Å². The van der Waals surface area contributed by atoms with Crippen LogP contribution in [0.1, 0.15) is 64.2 Å². The molecule has 2 N–H and O–H groups in total. The molecule has 0 saturated heterocycles. The minimum Gasteiger partial charge on any atom is -0.388 e. The van der Waals surface area contributed by atoms with E-state index in [4.69, 9.17) is 0 Å². The molecule has 38 heavy (non-hydrogen) atoms. The van der Waals surface area contributed by atoms with Crippen molar-refractivity contribution in [1.29, 1.82) is 0 Å². The van der Waals surface area contributed by atoms with Gasteiger partial charge in [-0.2, -0.15) is 0 Å². The number of aryl methyl sites for hydroxylation is 2. The van der Waals surface area contributed by atoms with Crippen molar-refractivity contribution in [1.82, 2.24) is 0 Å². The van der Waals surface area contributed by atoms with Gasteiger partial charge in [0.2, 0.25) is 0 Å². The molecule has 0 bridgehead atoms. The number of rotatable bonds is 2. The molecule has 1 spiro atoms. The minimum atomic E-state index is -1.18. The SMILES string of the molecule is O[C@H]1c2ccccc2CC[C@@]12[C@H](c1ccc(Br)cc1)[C@@H](c1ccc(Br)cc1)[C@@H]1CCc3ccccc3[C@@]12O. The summed E-state index contributed by atoms with van der Waals surface area (Å²) in [5.74, 6) is -0.0315. The predicted molar refractivity (Wildman–Crippen MR) is 158 cm³/mol. The van der Waals surface area contributed by atoms with Gasteiger partial charge in [-0.1, -0.05) is 105 Å². The van der Waals surface area contributed by atoms with Crippen LogP contribution < -0.4 is 0 Å². The van der Waals surface area contributed by atoms with Gasteiger partial charge >= 0.3 is 0 Å². The Morgan fingerprint density at radius 1 is 0.684 bits per heavy atom. The number of hydrogen-bond donors (Lipinski definition) is 2. The first-order valence-corrected chi connectivity index (χ1v) is 15.1. The summed E-state index contributed by atoms with van der Waals surface area (Å²) in [5.41, 5.74) is 4.83. The largest absolute Gasteiger partial charge is 0.388 e. The van der Waals surface area contributed by atoms with Crippen molar-refractivity contribution in [2.75, 3.05) is 0 Å². The summed E-state index contributed by atoms with van der Waals surface area (Å²) in [6, 6.07) is 34.0. The maximum absolute atomic E-state index is 13.4. The van der Waals surface area contributed by atoms with Gasteiger partial charge in [0, 0.05) is 26.2 Å². The van der Waals surface area contributed by atoms with Crippen LogP contribution in [0.25, 0.3) is 0 Å². The van der Waals surface area contributed by atoms with Crippen LogP contribution in [0, 0.1) is 11.3 Å². The van der Waals surface area contributed by atoms with Gasteiger partial charge in [-0.3, -0.25) is 0 Å². The molecular formula is C34H30Br2O2. The lowest BCUT2D eigenvalue weighted by molar-refractivity contribution is -0.171. The van der Waals surface area contributed by atoms with Crippen LogP contribution in [0.3, 0.4) is 0 Å². The average Bonchev–Trinajstić information content (AvgIpc) is 3.17. The molecule has 0 heterocycles. The highest BCUT2D eigenvalue weighted by Crippen LogP contribution is 2.76. The molecule has 0 aliphatic heterocycles. The molecule has 0 amide bonds. The van der Waals surface area contributed by atoms with Crippen molar-refractivity contribution in [3.05, 3.63) is 139 Å². The van der Waals surface area contributed by atoms with Crippen LogP contribution in [-0.4, -0.2) is 10.2 Å². The monoisotopic (exact) mass is 628 g/mol. The molecule has 7 rings (SSSR count). The van der Waals surface area contributed by atoms with E-state index in [1.54, 1.807) is 0 Å². The summed E-state index contributed by atoms with van der Waals surface area (Å²) in [5, 5.41) is 26.0. The standard InChI is InChI=1S/C34H30Br2O2/c35-25-14-9-23(10-15-25)30-29-18-13-22-6-2-4-8-28(22)34(29,38)33(31(30)24-11-16-26(36)17-12-24)20-19-21-5-1-3-7-27(21)32(33)37/h1-12,14-17,29-32,37-38H,13,18-20H2/t29-,30-,31+,32-,33+,34+/m0/s1. The van der Waals surface area contributed by atoms with E-state index < -0.39 is 17.1 Å². The molecule has 4 aromatic carbocycles. The van der Waals surface area contributed by atoms with Crippen LogP contribution in [0.4, 0.5) is 0 Å². The van der Waals surface area contributed by atoms with Crippen LogP contribution in [0.5, 0.6) is 0 Å². The fourth-order valence-electron chi connectivity index (χ4n) is 8.45. The number of aliphatic hydroxyl groups is 2. The number of halogens is 2. The second-order valence-electron chi connectivity index (χ2n) is 11.3. The van der Waals surface area contributed by atoms with Crippen molar-refractivity contribution in [3.8, 4) is 0 Å². The third-order valence-electron chi connectivity index (χ3n) is 9.88. The first-order valence-electron chi connectivity index (χ1n) is 13.5. The highest BCUT2D eigenvalue weighted by Gasteiger charge is 2.73. The Labute approximate surface area is 241 Å². The normalized spacial score (nSPS) is 31.5. The van der Waals surface area contributed by atoms with Crippen molar-refractivity contribution < 1.29 is 10.2 Å². The van der Waals surface area contributed by atoms with E-state index in [0.29, 0.717) is 0 Å². The smallest absolute Gasteiger partial charge is 0.102 e. The van der Waals surface area contributed by atoms with Crippen molar-refractivity contribution >= 4 is 31.9 Å². The zero-order valence-corrected chi connectivity index (χ0v) is 24.2. The quantitative estimate of drug-likeness (QED) is 0.235. The van der Waals surface area contributed by atoms with E-state index in [1.165, 1.54) is 22.3 Å². The van der Waals surface area contributed by atoms with Crippen LogP contribution >= 0.6 is 31.9 Å². The van der Waals surface area contributed by atoms with Gasteiger partial charge in [-0.05, 0) is 89.2 Å². The molecule has 2 nitrogen and oxygen atoms in total. The zero-order chi connectivity index (χ0) is 26.1. The van der Waals surface area contributed by atoms with E-state index in [2.05, 4.69) is 123 Å². The van der Waals surface area contributed by atoms with Gasteiger partial charge in [-0.25, -0.2) is 0 Å². The average molecular weight is 630 g/mol. The number of fused-ring (bicyclic) bond motifs is 5. The molecular weight excluding hydrogens is 600 g/mol. The molecule has 4 heteroatoms. The van der Waals surface area contributed by atoms with E-state index in [0.717, 1.165) is 45.8 Å². The van der Waals surface area contributed by atoms with Gasteiger partial charge in [0.15, 0.2) is 0 Å². The molecule has 3 aliphatic carbocycles. The Morgan fingerprint density at radius 2 is 1.29 bits per heavy atom. The predicted octanol–water partition coefficient (Wildman–Crippen LogP) is 8.21. The van der Waals surface area contributed by atoms with E-state index in [9.17, 15) is 10.2 Å². The lowest BCUT2D eigenvalue weighted by Crippen LogP contribution is -2.54. The third kappa shape index (κ3) is 3.37. The Bertz CT molecular complexity index is 1500. The molecule has 4 aromatic rings. The van der Waals surface area contributed by atoms with Crippen molar-refractivity contribution in [2.24, 2.45) is 11.3 Å². The summed E-state index contributed by atoms with van der Waals surface area (Å²) in [4.78, 5) is 0. The summed E-state index contributed by atoms with van der Waals surface area (Å²) in [7, 11) is 0. The first kappa shape index (κ1) is 24.8. The molecule has 6 atom stereocenters. The molecule has 192 valence electrons. The van der Waals surface area contributed by atoms with Crippen molar-refractivity contribution in [3.63, 3.8) is 0 Å². The second-order valence-corrected chi connectivity index (χ2v) is 13.1. The Hall–Kier alpha value is -2.24. The Morgan fingerprint density at radius 3 is 2.00 bits per heavy atom. The maximum Gasteiger partial charge on any atom is 0.102 e. The van der Waals surface area contributed by atoms with Gasteiger partial charge in [0.05, 0.1) is 6.10 Å². The van der Waals surface area contributed by atoms with Crippen LogP contribution in [0.15, 0.2) is 106 Å². The summed E-state index contributed by atoms with van der Waals surface area (Å²) >= 11 is 7.26. The summed E-state index contributed by atoms with van der Waals surface area (Å²) in [6.07, 6.45) is 2.59. The first-order chi connectivity index (χ1) is 18.4. The lowest BCUT2D eigenvalue weighted by Gasteiger charge is -2.54. The molecule has 1 fully saturated rings. The van der Waals surface area contributed by atoms with Gasteiger partial charge in [0.1, 0.15) is 5.60 Å². The third-order valence-corrected chi connectivity index (χ3v) is 10.9. The van der Waals surface area contributed by atoms with E-state index in [1.807, 2.05) is 6.07 Å². The zero-order valence-electron chi connectivity index (χ0n) is 21.0. The molecule has 1 saturated carbocycles. The Kier molecular flexibility index (Phi) is 5.97.